The van der Waals surface area contributed by atoms with Crippen LogP contribution in [0.5, 0.6) is 5.75 Å². The highest BCUT2D eigenvalue weighted by Gasteiger charge is 2.11. The van der Waals surface area contributed by atoms with Crippen LogP contribution in [0.2, 0.25) is 5.28 Å². The van der Waals surface area contributed by atoms with Crippen molar-refractivity contribution in [2.75, 3.05) is 37.2 Å². The lowest BCUT2D eigenvalue weighted by Crippen LogP contribution is -2.04. The Labute approximate surface area is 188 Å². The molecule has 0 atom stereocenters. The molecule has 0 unspecified atom stereocenters. The van der Waals surface area contributed by atoms with Gasteiger partial charge in [-0.05, 0) is 29.8 Å². The number of rotatable bonds is 6. The Morgan fingerprint density at radius 1 is 1.06 bits per heavy atom. The first-order chi connectivity index (χ1) is 14.8. The summed E-state index contributed by atoms with van der Waals surface area (Å²) in [6.07, 6.45) is 2.04. The van der Waals surface area contributed by atoms with Gasteiger partial charge in [0.05, 0.1) is 30.8 Å². The maximum atomic E-state index is 13.3. The van der Waals surface area contributed by atoms with Crippen LogP contribution in [0.15, 0.2) is 30.6 Å². The van der Waals surface area contributed by atoms with E-state index in [2.05, 4.69) is 35.9 Å². The minimum Gasteiger partial charge on any atom is -0.495 e. The zero-order chi connectivity index (χ0) is 23.0. The third-order valence-corrected chi connectivity index (χ3v) is 3.81. The molecule has 0 amide bonds. The molecule has 3 rings (SSSR count). The number of hydrogen-bond donors (Lipinski definition) is 4. The van der Waals surface area contributed by atoms with Gasteiger partial charge in [0.2, 0.25) is 11.2 Å². The molecule has 2 heterocycles. The number of methoxy groups -OCH3 is 1. The number of carbonyl (C=O) groups is 1. The predicted molar refractivity (Wildman–Crippen MR) is 118 cm³/mol. The zero-order valence-electron chi connectivity index (χ0n) is 16.6. The van der Waals surface area contributed by atoms with Gasteiger partial charge in [0.25, 0.3) is 0 Å². The normalized spacial score (nSPS) is 9.56. The molecular formula is C19H22ClF2N7O3. The van der Waals surface area contributed by atoms with E-state index in [1.54, 1.807) is 7.05 Å². The summed E-state index contributed by atoms with van der Waals surface area (Å²) in [4.78, 5) is 25.6. The van der Waals surface area contributed by atoms with Crippen molar-refractivity contribution in [2.45, 2.75) is 7.43 Å². The molecule has 13 heteroatoms. The standard InChI is InChI=1S/C13H13FN4O3.C5H5ClFN3.CH4/c1-15-11-8(14)6-16-13(18-11)17-9-4-3-7(12(19)20)5-10(9)21-2;1-8-4-3(7)2-9-5(6)10-4;/h3-6H,1-2H3,(H,19,20)(H2,15,16,17,18);2H,1H3,(H,8,9,10);1H4. The number of halogens is 3. The van der Waals surface area contributed by atoms with Gasteiger partial charge in [-0.25, -0.2) is 23.5 Å². The Morgan fingerprint density at radius 3 is 2.19 bits per heavy atom. The quantitative estimate of drug-likeness (QED) is 0.391. The van der Waals surface area contributed by atoms with Crippen molar-refractivity contribution in [3.63, 3.8) is 0 Å². The number of benzene rings is 1. The SMILES string of the molecule is C.CNc1nc(Cl)ncc1F.CNc1nc(Nc2ccc(C(=O)O)cc2OC)ncc1F. The van der Waals surface area contributed by atoms with Crippen molar-refractivity contribution in [3.05, 3.63) is 53.1 Å². The van der Waals surface area contributed by atoms with Crippen molar-refractivity contribution in [3.8, 4) is 5.75 Å². The van der Waals surface area contributed by atoms with E-state index < -0.39 is 17.6 Å². The number of aromatic nitrogens is 4. The largest absolute Gasteiger partial charge is 0.495 e. The summed E-state index contributed by atoms with van der Waals surface area (Å²) in [5.74, 6) is -1.51. The Bertz CT molecular complexity index is 1070. The van der Waals surface area contributed by atoms with Crippen molar-refractivity contribution >= 4 is 40.8 Å². The van der Waals surface area contributed by atoms with Crippen molar-refractivity contribution in [1.29, 1.82) is 0 Å². The molecule has 0 spiro atoms. The summed E-state index contributed by atoms with van der Waals surface area (Å²) in [7, 11) is 4.51. The second kappa shape index (κ2) is 12.2. The maximum Gasteiger partial charge on any atom is 0.335 e. The van der Waals surface area contributed by atoms with Gasteiger partial charge in [0, 0.05) is 14.1 Å². The molecule has 0 fully saturated rings. The second-order valence-electron chi connectivity index (χ2n) is 5.57. The molecule has 0 saturated carbocycles. The number of aromatic carboxylic acids is 1. The lowest BCUT2D eigenvalue weighted by molar-refractivity contribution is 0.0696. The van der Waals surface area contributed by atoms with Crippen LogP contribution in [-0.2, 0) is 0 Å². The number of nitrogens with zero attached hydrogens (tertiary/aromatic N) is 4. The van der Waals surface area contributed by atoms with Crippen LogP contribution in [0.1, 0.15) is 17.8 Å². The summed E-state index contributed by atoms with van der Waals surface area (Å²) in [5, 5.41) is 16.9. The highest BCUT2D eigenvalue weighted by Crippen LogP contribution is 2.28. The van der Waals surface area contributed by atoms with E-state index in [4.69, 9.17) is 21.4 Å². The van der Waals surface area contributed by atoms with Crippen LogP contribution < -0.4 is 20.7 Å². The van der Waals surface area contributed by atoms with E-state index in [1.165, 1.54) is 32.4 Å². The minimum absolute atomic E-state index is 0. The van der Waals surface area contributed by atoms with Gasteiger partial charge in [-0.15, -0.1) is 0 Å². The Balaban J connectivity index is 0.000000393. The van der Waals surface area contributed by atoms with Crippen LogP contribution in [0, 0.1) is 11.6 Å². The fraction of sp³-hybridized carbons (Fsp3) is 0.211. The molecule has 0 aliphatic heterocycles. The van der Waals surface area contributed by atoms with Crippen LogP contribution >= 0.6 is 11.6 Å². The van der Waals surface area contributed by atoms with Crippen LogP contribution in [0.3, 0.4) is 0 Å². The molecule has 0 aliphatic rings. The highest BCUT2D eigenvalue weighted by atomic mass is 35.5. The summed E-state index contributed by atoms with van der Waals surface area (Å²) in [6.45, 7) is 0. The molecule has 4 N–H and O–H groups in total. The molecule has 10 nitrogen and oxygen atoms in total. The Morgan fingerprint density at radius 2 is 1.66 bits per heavy atom. The first-order valence-corrected chi connectivity index (χ1v) is 8.91. The number of nitrogens with one attached hydrogen (secondary N) is 3. The van der Waals surface area contributed by atoms with Crippen LogP contribution in [0.4, 0.5) is 32.1 Å². The molecule has 0 aliphatic carbocycles. The number of carboxylic acid groups (broad SMARTS) is 1. The topological polar surface area (TPSA) is 134 Å². The first-order valence-electron chi connectivity index (χ1n) is 8.53. The van der Waals surface area contributed by atoms with E-state index in [9.17, 15) is 13.6 Å². The Hall–Kier alpha value is -3.80. The third kappa shape index (κ3) is 6.87. The van der Waals surface area contributed by atoms with Crippen molar-refractivity contribution in [2.24, 2.45) is 0 Å². The van der Waals surface area contributed by atoms with Gasteiger partial charge < -0.3 is 25.8 Å². The molecule has 0 bridgehead atoms. The van der Waals surface area contributed by atoms with E-state index in [1.807, 2.05) is 0 Å². The molecule has 32 heavy (non-hydrogen) atoms. The molecule has 172 valence electrons. The molecule has 0 radical (unpaired) electrons. The number of ether oxygens (including phenoxy) is 1. The van der Waals surface area contributed by atoms with Gasteiger partial charge >= 0.3 is 5.97 Å². The molecule has 1 aromatic carbocycles. The maximum absolute atomic E-state index is 13.3. The monoisotopic (exact) mass is 469 g/mol. The van der Waals surface area contributed by atoms with Gasteiger partial charge in [0.1, 0.15) is 5.75 Å². The first kappa shape index (κ1) is 26.2. The number of carboxylic acids is 1. The molecule has 2 aromatic heterocycles. The number of anilines is 4. The second-order valence-corrected chi connectivity index (χ2v) is 5.91. The lowest BCUT2D eigenvalue weighted by atomic mass is 10.2. The predicted octanol–water partition coefficient (Wildman–Crippen LogP) is 4.05. The number of hydrogen-bond acceptors (Lipinski definition) is 9. The van der Waals surface area contributed by atoms with E-state index in [0.717, 1.165) is 12.4 Å². The fourth-order valence-electron chi connectivity index (χ4n) is 2.17. The zero-order valence-corrected chi connectivity index (χ0v) is 17.3. The van der Waals surface area contributed by atoms with Crippen LogP contribution in [-0.4, -0.2) is 52.2 Å². The van der Waals surface area contributed by atoms with Gasteiger partial charge in [-0.3, -0.25) is 0 Å². The summed E-state index contributed by atoms with van der Waals surface area (Å²) in [5.41, 5.74) is 0.560. The summed E-state index contributed by atoms with van der Waals surface area (Å²) >= 11 is 5.37. The summed E-state index contributed by atoms with van der Waals surface area (Å²) in [6, 6.07) is 4.30. The molecule has 3 aromatic rings. The highest BCUT2D eigenvalue weighted by molar-refractivity contribution is 6.28. The minimum atomic E-state index is -1.06. The van der Waals surface area contributed by atoms with E-state index >= 15 is 0 Å². The average Bonchev–Trinajstić information content (AvgIpc) is 2.77. The molecule has 0 saturated heterocycles. The van der Waals surface area contributed by atoms with Crippen LogP contribution in [0.25, 0.3) is 0 Å². The Kier molecular flexibility index (Phi) is 9.96. The van der Waals surface area contributed by atoms with Crippen molar-refractivity contribution in [1.82, 2.24) is 19.9 Å². The lowest BCUT2D eigenvalue weighted by Gasteiger charge is -2.11. The molecular weight excluding hydrogens is 448 g/mol. The smallest absolute Gasteiger partial charge is 0.335 e. The summed E-state index contributed by atoms with van der Waals surface area (Å²) < 4.78 is 30.9. The van der Waals surface area contributed by atoms with Gasteiger partial charge in [0.15, 0.2) is 23.3 Å². The van der Waals surface area contributed by atoms with Gasteiger partial charge in [-0.1, -0.05) is 7.43 Å². The average molecular weight is 470 g/mol. The fourth-order valence-corrected chi connectivity index (χ4v) is 2.30. The third-order valence-electron chi connectivity index (χ3n) is 3.63. The van der Waals surface area contributed by atoms with Gasteiger partial charge in [-0.2, -0.15) is 9.97 Å². The van der Waals surface area contributed by atoms with E-state index in [-0.39, 0.29) is 35.9 Å². The van der Waals surface area contributed by atoms with Crippen molar-refractivity contribution < 1.29 is 23.4 Å². The van der Waals surface area contributed by atoms with E-state index in [0.29, 0.717) is 11.4 Å².